The van der Waals surface area contributed by atoms with Gasteiger partial charge in [0.25, 0.3) is 15.7 Å². The minimum atomic E-state index is -4.26. The van der Waals surface area contributed by atoms with Crippen LogP contribution in [0.1, 0.15) is 22.0 Å². The molecule has 0 unspecified atom stereocenters. The fourth-order valence-corrected chi connectivity index (χ4v) is 5.05. The number of benzene rings is 1. The number of nitro benzene ring substituents is 1. The van der Waals surface area contributed by atoms with Crippen LogP contribution in [-0.2, 0) is 23.0 Å². The lowest BCUT2D eigenvalue weighted by Crippen LogP contribution is -3.00. The topological polar surface area (TPSA) is 139 Å². The zero-order valence-corrected chi connectivity index (χ0v) is 19.0. The molecule has 31 heavy (non-hydrogen) atoms. The van der Waals surface area contributed by atoms with Crippen LogP contribution in [0.3, 0.4) is 0 Å². The van der Waals surface area contributed by atoms with Crippen molar-refractivity contribution in [1.29, 1.82) is 0 Å². The molecule has 166 valence electrons. The zero-order chi connectivity index (χ0) is 21.9. The molecule has 3 aromatic rings. The van der Waals surface area contributed by atoms with E-state index in [1.165, 1.54) is 35.7 Å². The zero-order valence-electron chi connectivity index (χ0n) is 16.6. The van der Waals surface area contributed by atoms with E-state index in [-0.39, 0.29) is 24.8 Å². The van der Waals surface area contributed by atoms with Gasteiger partial charge in [0.05, 0.1) is 15.4 Å². The van der Waals surface area contributed by atoms with Gasteiger partial charge in [-0.2, -0.15) is 4.57 Å². The molecular formula is C18H20ClN5O5S2. The summed E-state index contributed by atoms with van der Waals surface area (Å²) in [6, 6.07) is 5.12. The largest absolute Gasteiger partial charge is 1.00 e. The monoisotopic (exact) mass is 485 g/mol. The third-order valence-electron chi connectivity index (χ3n) is 4.40. The lowest BCUT2D eigenvalue weighted by Gasteiger charge is -2.11. The second-order valence-corrected chi connectivity index (χ2v) is 9.04. The molecule has 0 atom stereocenters. The molecule has 0 aliphatic heterocycles. The maximum absolute atomic E-state index is 12.9. The molecule has 2 heterocycles. The second kappa shape index (κ2) is 10.1. The van der Waals surface area contributed by atoms with Gasteiger partial charge in [0, 0.05) is 32.2 Å². The van der Waals surface area contributed by atoms with Crippen LogP contribution >= 0.6 is 11.3 Å². The minimum Gasteiger partial charge on any atom is -1.00 e. The van der Waals surface area contributed by atoms with Crippen molar-refractivity contribution in [2.24, 2.45) is 0 Å². The number of nitrogens with zero attached hydrogens (tertiary/aromatic N) is 4. The number of aryl methyl sites for hydroxylation is 1. The Kier molecular flexibility index (Phi) is 8.01. The first-order valence-corrected chi connectivity index (χ1v) is 11.2. The van der Waals surface area contributed by atoms with E-state index in [1.807, 2.05) is 17.0 Å². The first kappa shape index (κ1) is 24.6. The number of anilines is 1. The number of rotatable bonds is 8. The standard InChI is InChI=1S/C18H20N5O5S2.ClH/c1-12-16(7-8-24)29-11-22(12)10-14-9-19-13(2)20-18(14)21-30(27,28)17-6-4-3-5-15(17)23(25)26;/h3-6,9,11,24H,7-8,10H2,1-2H3,(H,19,20,21);1H/q+1;/p-1. The summed E-state index contributed by atoms with van der Waals surface area (Å²) >= 11 is 1.49. The number of hydrogen-bond donors (Lipinski definition) is 2. The van der Waals surface area contributed by atoms with Gasteiger partial charge in [0.15, 0.2) is 23.0 Å². The van der Waals surface area contributed by atoms with E-state index in [1.54, 1.807) is 6.92 Å². The molecule has 0 spiro atoms. The maximum Gasteiger partial charge on any atom is 0.289 e. The van der Waals surface area contributed by atoms with Crippen molar-refractivity contribution in [1.82, 2.24) is 9.97 Å². The highest BCUT2D eigenvalue weighted by molar-refractivity contribution is 7.92. The second-order valence-electron chi connectivity index (χ2n) is 6.45. The van der Waals surface area contributed by atoms with E-state index < -0.39 is 25.5 Å². The Morgan fingerprint density at radius 3 is 2.68 bits per heavy atom. The molecule has 10 nitrogen and oxygen atoms in total. The highest BCUT2D eigenvalue weighted by atomic mass is 35.5. The Bertz CT molecular complexity index is 1200. The number of aromatic nitrogens is 3. The Labute approximate surface area is 189 Å². The number of nitrogens with one attached hydrogen (secondary N) is 1. The van der Waals surface area contributed by atoms with E-state index in [0.717, 1.165) is 16.6 Å². The fraction of sp³-hybridized carbons (Fsp3) is 0.278. The highest BCUT2D eigenvalue weighted by Crippen LogP contribution is 2.26. The van der Waals surface area contributed by atoms with Gasteiger partial charge in [0.2, 0.25) is 5.51 Å². The lowest BCUT2D eigenvalue weighted by atomic mass is 10.2. The number of thiazole rings is 1. The molecule has 1 aromatic carbocycles. The molecule has 0 fully saturated rings. The van der Waals surface area contributed by atoms with E-state index in [0.29, 0.717) is 24.4 Å². The first-order valence-electron chi connectivity index (χ1n) is 8.89. The van der Waals surface area contributed by atoms with Gasteiger partial charge in [-0.3, -0.25) is 14.8 Å². The van der Waals surface area contributed by atoms with Crippen LogP contribution in [0.4, 0.5) is 11.5 Å². The van der Waals surface area contributed by atoms with Crippen LogP contribution in [-0.4, -0.2) is 35.0 Å². The van der Waals surface area contributed by atoms with Gasteiger partial charge in [-0.05, 0) is 13.0 Å². The van der Waals surface area contributed by atoms with Gasteiger partial charge in [0.1, 0.15) is 5.82 Å². The molecule has 2 aromatic heterocycles. The predicted octanol–water partition coefficient (Wildman–Crippen LogP) is -1.26. The summed E-state index contributed by atoms with van der Waals surface area (Å²) < 4.78 is 30.1. The number of nitro groups is 1. The van der Waals surface area contributed by atoms with E-state index in [2.05, 4.69) is 14.7 Å². The predicted molar refractivity (Wildman–Crippen MR) is 110 cm³/mol. The molecule has 0 amide bonds. The summed E-state index contributed by atoms with van der Waals surface area (Å²) in [5.41, 5.74) is 2.81. The number of para-hydroxylation sites is 1. The average Bonchev–Trinajstić information content (AvgIpc) is 3.03. The van der Waals surface area contributed by atoms with Gasteiger partial charge in [-0.25, -0.2) is 18.4 Å². The molecule has 3 rings (SSSR count). The Hall–Kier alpha value is -2.67. The van der Waals surface area contributed by atoms with Crippen LogP contribution in [0.5, 0.6) is 0 Å². The minimum absolute atomic E-state index is 0. The number of sulfonamides is 1. The van der Waals surface area contributed by atoms with Crippen LogP contribution in [0.2, 0.25) is 0 Å². The van der Waals surface area contributed by atoms with E-state index in [9.17, 15) is 18.5 Å². The molecule has 0 aliphatic carbocycles. The third-order valence-corrected chi connectivity index (χ3v) is 6.93. The first-order chi connectivity index (χ1) is 14.2. The molecule has 0 radical (unpaired) electrons. The summed E-state index contributed by atoms with van der Waals surface area (Å²) in [5.74, 6) is 0.412. The summed E-state index contributed by atoms with van der Waals surface area (Å²) in [5, 5.41) is 20.4. The van der Waals surface area contributed by atoms with Crippen LogP contribution in [0, 0.1) is 24.0 Å². The summed E-state index contributed by atoms with van der Waals surface area (Å²) in [6.07, 6.45) is 2.06. The SMILES string of the molecule is Cc1ncc(C[n+]2csc(CCO)c2C)c(NS(=O)(=O)c2ccccc2[N+](=O)[O-])n1.[Cl-]. The van der Waals surface area contributed by atoms with Gasteiger partial charge in [-0.1, -0.05) is 23.5 Å². The fourth-order valence-electron chi connectivity index (χ4n) is 2.85. The molecule has 0 saturated heterocycles. The molecule has 13 heteroatoms. The molecule has 0 bridgehead atoms. The normalized spacial score (nSPS) is 11.1. The van der Waals surface area contributed by atoms with Gasteiger partial charge >= 0.3 is 0 Å². The van der Waals surface area contributed by atoms with Crippen LogP contribution in [0.15, 0.2) is 40.9 Å². The number of halogens is 1. The van der Waals surface area contributed by atoms with Crippen molar-refractivity contribution in [2.45, 2.75) is 31.7 Å². The van der Waals surface area contributed by atoms with E-state index in [4.69, 9.17) is 5.11 Å². The van der Waals surface area contributed by atoms with Gasteiger partial charge in [-0.15, -0.1) is 0 Å². The highest BCUT2D eigenvalue weighted by Gasteiger charge is 2.27. The van der Waals surface area contributed by atoms with Gasteiger partial charge < -0.3 is 17.5 Å². The summed E-state index contributed by atoms with van der Waals surface area (Å²) in [6.45, 7) is 3.86. The van der Waals surface area contributed by atoms with Crippen LogP contribution < -0.4 is 21.7 Å². The number of aliphatic hydroxyl groups excluding tert-OH is 1. The van der Waals surface area contributed by atoms with Crippen molar-refractivity contribution in [3.8, 4) is 0 Å². The van der Waals surface area contributed by atoms with Crippen molar-refractivity contribution in [2.75, 3.05) is 11.3 Å². The number of aliphatic hydroxyl groups is 1. The third kappa shape index (κ3) is 5.53. The molecule has 0 aliphatic rings. The quantitative estimate of drug-likeness (QED) is 0.230. The Morgan fingerprint density at radius 1 is 1.29 bits per heavy atom. The molecule has 2 N–H and O–H groups in total. The Balaban J connectivity index is 0.00000341. The van der Waals surface area contributed by atoms with Crippen molar-refractivity contribution < 1.29 is 35.4 Å². The smallest absolute Gasteiger partial charge is 0.289 e. The van der Waals surface area contributed by atoms with Crippen molar-refractivity contribution in [3.05, 3.63) is 68.0 Å². The van der Waals surface area contributed by atoms with Crippen LogP contribution in [0.25, 0.3) is 0 Å². The van der Waals surface area contributed by atoms with Crippen molar-refractivity contribution in [3.63, 3.8) is 0 Å². The van der Waals surface area contributed by atoms with E-state index >= 15 is 0 Å². The summed E-state index contributed by atoms with van der Waals surface area (Å²) in [4.78, 5) is 19.4. The molecule has 0 saturated carbocycles. The lowest BCUT2D eigenvalue weighted by molar-refractivity contribution is -0.689. The number of hydrogen-bond acceptors (Lipinski definition) is 8. The summed E-state index contributed by atoms with van der Waals surface area (Å²) in [7, 11) is -4.26. The van der Waals surface area contributed by atoms with Crippen molar-refractivity contribution >= 4 is 32.9 Å². The Morgan fingerprint density at radius 2 is 2.00 bits per heavy atom. The maximum atomic E-state index is 12.9. The molecular weight excluding hydrogens is 466 g/mol. The average molecular weight is 486 g/mol.